The number of rotatable bonds is 5. The molecule has 0 spiro atoms. The smallest absolute Gasteiger partial charge is 0.229 e. The van der Waals surface area contributed by atoms with Crippen molar-refractivity contribution in [2.45, 2.75) is 13.3 Å². The van der Waals surface area contributed by atoms with Crippen LogP contribution in [0.25, 0.3) is 0 Å². The number of anilines is 2. The number of carbonyl (C=O) groups excluding carboxylic acids is 2. The maximum atomic E-state index is 13.2. The first-order valence-electron chi connectivity index (χ1n) is 8.27. The summed E-state index contributed by atoms with van der Waals surface area (Å²) in [5, 5.41) is 2.61. The number of nitrogens with zero attached hydrogens (tertiary/aromatic N) is 1. The number of para-hydroxylation sites is 2. The topological polar surface area (TPSA) is 58.6 Å². The molecular formula is C19H18ClFN2O3. The summed E-state index contributed by atoms with van der Waals surface area (Å²) in [5.74, 6) is -0.915. The van der Waals surface area contributed by atoms with Crippen molar-refractivity contribution in [3.63, 3.8) is 0 Å². The van der Waals surface area contributed by atoms with Gasteiger partial charge in [0, 0.05) is 18.7 Å². The van der Waals surface area contributed by atoms with Crippen molar-refractivity contribution in [1.82, 2.24) is 0 Å². The van der Waals surface area contributed by atoms with E-state index in [4.69, 9.17) is 16.3 Å². The second-order valence-corrected chi connectivity index (χ2v) is 6.33. The van der Waals surface area contributed by atoms with Gasteiger partial charge in [0.15, 0.2) is 0 Å². The molecule has 136 valence electrons. The van der Waals surface area contributed by atoms with Crippen LogP contribution in [-0.4, -0.2) is 25.0 Å². The van der Waals surface area contributed by atoms with Crippen molar-refractivity contribution in [3.8, 4) is 5.75 Å². The van der Waals surface area contributed by atoms with E-state index in [1.165, 1.54) is 18.2 Å². The molecule has 2 aromatic carbocycles. The van der Waals surface area contributed by atoms with Gasteiger partial charge in [-0.2, -0.15) is 0 Å². The predicted molar refractivity (Wildman–Crippen MR) is 98.1 cm³/mol. The van der Waals surface area contributed by atoms with Gasteiger partial charge in [-0.1, -0.05) is 23.7 Å². The zero-order chi connectivity index (χ0) is 18.7. The SMILES string of the molecule is CCOc1ccccc1N1C[C@@H](C(=O)Nc2ccc(F)c(Cl)c2)CC1=O. The Morgan fingerprint density at radius 3 is 2.85 bits per heavy atom. The lowest BCUT2D eigenvalue weighted by atomic mass is 10.1. The van der Waals surface area contributed by atoms with Gasteiger partial charge in [0.1, 0.15) is 11.6 Å². The van der Waals surface area contributed by atoms with Gasteiger partial charge in [-0.05, 0) is 37.3 Å². The first kappa shape index (κ1) is 18.2. The first-order valence-corrected chi connectivity index (χ1v) is 8.65. The third-order valence-corrected chi connectivity index (χ3v) is 4.43. The highest BCUT2D eigenvalue weighted by molar-refractivity contribution is 6.31. The second-order valence-electron chi connectivity index (χ2n) is 5.92. The number of halogens is 2. The lowest BCUT2D eigenvalue weighted by Crippen LogP contribution is -2.28. The quantitative estimate of drug-likeness (QED) is 0.861. The highest BCUT2D eigenvalue weighted by atomic mass is 35.5. The van der Waals surface area contributed by atoms with E-state index in [1.807, 2.05) is 19.1 Å². The van der Waals surface area contributed by atoms with E-state index in [2.05, 4.69) is 5.32 Å². The molecule has 0 aliphatic carbocycles. The van der Waals surface area contributed by atoms with Crippen LogP contribution in [0.15, 0.2) is 42.5 Å². The Hall–Kier alpha value is -2.60. The Bertz CT molecular complexity index is 843. The fourth-order valence-corrected chi connectivity index (χ4v) is 3.07. The van der Waals surface area contributed by atoms with Crippen molar-refractivity contribution in [2.75, 3.05) is 23.4 Å². The zero-order valence-electron chi connectivity index (χ0n) is 14.2. The van der Waals surface area contributed by atoms with Gasteiger partial charge in [0.05, 0.1) is 23.2 Å². The standard InChI is InChI=1S/C19H18ClFN2O3/c1-2-26-17-6-4-3-5-16(17)23-11-12(9-18(23)24)19(25)22-13-7-8-15(21)14(20)10-13/h3-8,10,12H,2,9,11H2,1H3,(H,22,25)/t12-/m0/s1. The third kappa shape index (κ3) is 3.80. The van der Waals surface area contributed by atoms with Crippen molar-refractivity contribution in [3.05, 3.63) is 53.3 Å². The van der Waals surface area contributed by atoms with E-state index in [-0.39, 0.29) is 29.8 Å². The molecule has 1 saturated heterocycles. The van der Waals surface area contributed by atoms with Gasteiger partial charge in [0.25, 0.3) is 0 Å². The normalized spacial score (nSPS) is 16.7. The summed E-state index contributed by atoms with van der Waals surface area (Å²) in [6, 6.07) is 11.2. The second kappa shape index (κ2) is 7.74. The van der Waals surface area contributed by atoms with E-state index in [0.717, 1.165) is 0 Å². The lowest BCUT2D eigenvalue weighted by Gasteiger charge is -2.20. The Balaban J connectivity index is 1.73. The first-order chi connectivity index (χ1) is 12.5. The van der Waals surface area contributed by atoms with E-state index >= 15 is 0 Å². The minimum atomic E-state index is -0.556. The molecule has 1 atom stereocenters. The van der Waals surface area contributed by atoms with Crippen molar-refractivity contribution in [1.29, 1.82) is 0 Å². The fourth-order valence-electron chi connectivity index (χ4n) is 2.89. The number of amides is 2. The molecule has 0 bridgehead atoms. The number of nitrogens with one attached hydrogen (secondary N) is 1. The average Bonchev–Trinajstić information content (AvgIpc) is 3.01. The molecule has 1 aliphatic heterocycles. The summed E-state index contributed by atoms with van der Waals surface area (Å²) in [7, 11) is 0. The van der Waals surface area contributed by atoms with Crippen molar-refractivity contribution >= 4 is 34.8 Å². The van der Waals surface area contributed by atoms with E-state index in [1.54, 1.807) is 17.0 Å². The highest BCUT2D eigenvalue weighted by Gasteiger charge is 2.36. The molecule has 2 aromatic rings. The monoisotopic (exact) mass is 376 g/mol. The molecule has 5 nitrogen and oxygen atoms in total. The number of carbonyl (C=O) groups is 2. The molecule has 3 rings (SSSR count). The molecule has 0 radical (unpaired) electrons. The van der Waals surface area contributed by atoms with E-state index in [0.29, 0.717) is 23.7 Å². The summed E-state index contributed by atoms with van der Waals surface area (Å²) >= 11 is 5.73. The molecule has 1 heterocycles. The van der Waals surface area contributed by atoms with Crippen LogP contribution < -0.4 is 15.0 Å². The summed E-state index contributed by atoms with van der Waals surface area (Å²) in [5.41, 5.74) is 1.04. The van der Waals surface area contributed by atoms with Gasteiger partial charge in [-0.3, -0.25) is 9.59 Å². The number of ether oxygens (including phenoxy) is 1. The van der Waals surface area contributed by atoms with Crippen LogP contribution in [0.5, 0.6) is 5.75 Å². The average molecular weight is 377 g/mol. The highest BCUT2D eigenvalue weighted by Crippen LogP contribution is 2.33. The summed E-state index contributed by atoms with van der Waals surface area (Å²) in [6.07, 6.45) is 0.0984. The summed E-state index contributed by atoms with van der Waals surface area (Å²) < 4.78 is 18.8. The van der Waals surface area contributed by atoms with Gasteiger partial charge in [0.2, 0.25) is 11.8 Å². The summed E-state index contributed by atoms with van der Waals surface area (Å²) in [6.45, 7) is 2.60. The van der Waals surface area contributed by atoms with Crippen LogP contribution >= 0.6 is 11.6 Å². The molecule has 26 heavy (non-hydrogen) atoms. The molecular weight excluding hydrogens is 359 g/mol. The molecule has 1 N–H and O–H groups in total. The van der Waals surface area contributed by atoms with E-state index < -0.39 is 11.7 Å². The number of benzene rings is 2. The van der Waals surface area contributed by atoms with Gasteiger partial charge in [-0.15, -0.1) is 0 Å². The van der Waals surface area contributed by atoms with Gasteiger partial charge < -0.3 is 15.0 Å². The van der Waals surface area contributed by atoms with E-state index in [9.17, 15) is 14.0 Å². The Kier molecular flexibility index (Phi) is 5.42. The molecule has 1 aliphatic rings. The van der Waals surface area contributed by atoms with Gasteiger partial charge >= 0.3 is 0 Å². The van der Waals surface area contributed by atoms with Crippen LogP contribution in [0.4, 0.5) is 15.8 Å². The third-order valence-electron chi connectivity index (χ3n) is 4.14. The predicted octanol–water partition coefficient (Wildman–Crippen LogP) is 3.87. The van der Waals surface area contributed by atoms with Crippen molar-refractivity contribution < 1.29 is 18.7 Å². The Morgan fingerprint density at radius 2 is 2.12 bits per heavy atom. The molecule has 2 amide bonds. The summed E-state index contributed by atoms with van der Waals surface area (Å²) in [4.78, 5) is 26.5. The molecule has 0 saturated carbocycles. The van der Waals surface area contributed by atoms with Crippen molar-refractivity contribution in [2.24, 2.45) is 5.92 Å². The molecule has 0 unspecified atom stereocenters. The molecule has 0 aromatic heterocycles. The largest absolute Gasteiger partial charge is 0.492 e. The van der Waals surface area contributed by atoms with Crippen LogP contribution in [0, 0.1) is 11.7 Å². The number of hydrogen-bond donors (Lipinski definition) is 1. The van der Waals surface area contributed by atoms with Crippen LogP contribution in [0.1, 0.15) is 13.3 Å². The lowest BCUT2D eigenvalue weighted by molar-refractivity contribution is -0.122. The zero-order valence-corrected chi connectivity index (χ0v) is 14.9. The minimum Gasteiger partial charge on any atom is -0.492 e. The maximum absolute atomic E-state index is 13.2. The fraction of sp³-hybridized carbons (Fsp3) is 0.263. The maximum Gasteiger partial charge on any atom is 0.229 e. The Morgan fingerprint density at radius 1 is 1.35 bits per heavy atom. The van der Waals surface area contributed by atoms with Crippen LogP contribution in [-0.2, 0) is 9.59 Å². The van der Waals surface area contributed by atoms with Crippen LogP contribution in [0.2, 0.25) is 5.02 Å². The molecule has 1 fully saturated rings. The number of hydrogen-bond acceptors (Lipinski definition) is 3. The molecule has 7 heteroatoms. The minimum absolute atomic E-state index is 0.0717. The Labute approximate surface area is 155 Å². The van der Waals surface area contributed by atoms with Gasteiger partial charge in [-0.25, -0.2) is 4.39 Å². The van der Waals surface area contributed by atoms with Crippen LogP contribution in [0.3, 0.4) is 0 Å².